The summed E-state index contributed by atoms with van der Waals surface area (Å²) in [5.74, 6) is -0.442. The molecule has 0 radical (unpaired) electrons. The summed E-state index contributed by atoms with van der Waals surface area (Å²) in [5, 5.41) is 3.32. The number of nitrogens with one attached hydrogen (secondary N) is 1. The van der Waals surface area contributed by atoms with Crippen LogP contribution < -0.4 is 9.62 Å². The molecule has 0 unspecified atom stereocenters. The van der Waals surface area contributed by atoms with Gasteiger partial charge in [-0.2, -0.15) is 0 Å². The van der Waals surface area contributed by atoms with Crippen LogP contribution in [-0.4, -0.2) is 26.6 Å². The second kappa shape index (κ2) is 8.29. The van der Waals surface area contributed by atoms with E-state index < -0.39 is 22.0 Å². The van der Waals surface area contributed by atoms with E-state index in [-0.39, 0.29) is 10.7 Å². The van der Waals surface area contributed by atoms with Crippen LogP contribution in [0.1, 0.15) is 19.4 Å². The molecule has 0 aromatic heterocycles. The second-order valence-electron chi connectivity index (χ2n) is 5.83. The van der Waals surface area contributed by atoms with Crippen molar-refractivity contribution < 1.29 is 13.2 Å². The minimum absolute atomic E-state index is 0.210. The summed E-state index contributed by atoms with van der Waals surface area (Å²) in [4.78, 5) is 12.7. The fourth-order valence-electron chi connectivity index (χ4n) is 2.62. The number of carbonyl (C=O) groups excluding carboxylic acids is 1. The molecule has 0 fully saturated rings. The number of benzene rings is 2. The van der Waals surface area contributed by atoms with Gasteiger partial charge in [0, 0.05) is 5.69 Å². The Morgan fingerprint density at radius 3 is 2.38 bits per heavy atom. The highest BCUT2D eigenvalue weighted by molar-refractivity contribution is 7.92. The Hall–Kier alpha value is -1.76. The summed E-state index contributed by atoms with van der Waals surface area (Å²) in [6, 6.07) is 10.8. The van der Waals surface area contributed by atoms with Gasteiger partial charge < -0.3 is 5.32 Å². The fraction of sp³-hybridized carbons (Fsp3) is 0.278. The number of nitrogens with zero attached hydrogens (tertiary/aromatic N) is 1. The van der Waals surface area contributed by atoms with Gasteiger partial charge in [-0.3, -0.25) is 9.10 Å². The molecule has 0 saturated carbocycles. The predicted molar refractivity (Wildman–Crippen MR) is 108 cm³/mol. The summed E-state index contributed by atoms with van der Waals surface area (Å²) >= 11 is 11.9. The van der Waals surface area contributed by atoms with Crippen LogP contribution in [-0.2, 0) is 21.2 Å². The van der Waals surface area contributed by atoms with Crippen LogP contribution in [0.25, 0.3) is 0 Å². The smallest absolute Gasteiger partial charge is 0.248 e. The second-order valence-corrected chi connectivity index (χ2v) is 8.51. The zero-order chi connectivity index (χ0) is 19.5. The maximum absolute atomic E-state index is 12.7. The van der Waals surface area contributed by atoms with Crippen molar-refractivity contribution in [1.82, 2.24) is 0 Å². The normalized spacial score (nSPS) is 12.5. The van der Waals surface area contributed by atoms with Gasteiger partial charge in [0.15, 0.2) is 0 Å². The molecule has 1 amide bonds. The van der Waals surface area contributed by atoms with E-state index in [1.54, 1.807) is 6.07 Å². The summed E-state index contributed by atoms with van der Waals surface area (Å²) in [5.41, 5.74) is 1.90. The van der Waals surface area contributed by atoms with Gasteiger partial charge in [-0.1, -0.05) is 48.3 Å². The molecule has 1 N–H and O–H groups in total. The van der Waals surface area contributed by atoms with Gasteiger partial charge in [-0.25, -0.2) is 8.42 Å². The Morgan fingerprint density at radius 1 is 1.15 bits per heavy atom. The van der Waals surface area contributed by atoms with Crippen molar-refractivity contribution in [1.29, 1.82) is 0 Å². The minimum atomic E-state index is -3.73. The van der Waals surface area contributed by atoms with Crippen molar-refractivity contribution in [3.63, 3.8) is 0 Å². The van der Waals surface area contributed by atoms with Crippen LogP contribution in [0, 0.1) is 0 Å². The molecular formula is C18H20Cl2N2O3S. The molecule has 2 aromatic rings. The highest BCUT2D eigenvalue weighted by Crippen LogP contribution is 2.30. The molecular weight excluding hydrogens is 395 g/mol. The van der Waals surface area contributed by atoms with Crippen molar-refractivity contribution >= 4 is 50.5 Å². The number of hydrogen-bond donors (Lipinski definition) is 1. The summed E-state index contributed by atoms with van der Waals surface area (Å²) in [6.45, 7) is 3.50. The Kier molecular flexibility index (Phi) is 6.55. The number of rotatable bonds is 6. The van der Waals surface area contributed by atoms with Gasteiger partial charge in [0.1, 0.15) is 6.04 Å². The van der Waals surface area contributed by atoms with E-state index in [0.717, 1.165) is 22.5 Å². The molecule has 1 atom stereocenters. The van der Waals surface area contributed by atoms with Gasteiger partial charge in [0.2, 0.25) is 15.9 Å². The van der Waals surface area contributed by atoms with Crippen molar-refractivity contribution in [3.8, 4) is 0 Å². The summed E-state index contributed by atoms with van der Waals surface area (Å²) in [6.07, 6.45) is 1.78. The average Bonchev–Trinajstić information content (AvgIpc) is 2.57. The van der Waals surface area contributed by atoms with Crippen molar-refractivity contribution in [2.75, 3.05) is 15.9 Å². The number of carbonyl (C=O) groups is 1. The quantitative estimate of drug-likeness (QED) is 0.763. The van der Waals surface area contributed by atoms with Crippen LogP contribution in [0.2, 0.25) is 10.0 Å². The topological polar surface area (TPSA) is 66.5 Å². The lowest BCUT2D eigenvalue weighted by Crippen LogP contribution is -2.45. The monoisotopic (exact) mass is 414 g/mol. The van der Waals surface area contributed by atoms with Crippen LogP contribution >= 0.6 is 23.2 Å². The van der Waals surface area contributed by atoms with Gasteiger partial charge >= 0.3 is 0 Å². The van der Waals surface area contributed by atoms with E-state index in [0.29, 0.717) is 10.7 Å². The Bertz CT molecular complexity index is 916. The Labute approximate surface area is 164 Å². The molecule has 2 aromatic carbocycles. The van der Waals surface area contributed by atoms with E-state index in [2.05, 4.69) is 5.32 Å². The van der Waals surface area contributed by atoms with Crippen LogP contribution in [0.15, 0.2) is 42.5 Å². The molecule has 2 rings (SSSR count). The molecule has 0 aliphatic heterocycles. The maximum atomic E-state index is 12.7. The number of anilines is 2. The summed E-state index contributed by atoms with van der Waals surface area (Å²) in [7, 11) is -3.73. The van der Waals surface area contributed by atoms with E-state index in [1.165, 1.54) is 25.1 Å². The molecule has 26 heavy (non-hydrogen) atoms. The van der Waals surface area contributed by atoms with Crippen molar-refractivity contribution in [2.24, 2.45) is 0 Å². The highest BCUT2D eigenvalue weighted by atomic mass is 35.5. The molecule has 0 heterocycles. The molecule has 0 aliphatic carbocycles. The zero-order valence-corrected chi connectivity index (χ0v) is 17.0. The van der Waals surface area contributed by atoms with E-state index in [1.807, 2.05) is 25.1 Å². The first-order valence-electron chi connectivity index (χ1n) is 7.98. The van der Waals surface area contributed by atoms with Gasteiger partial charge in [0.25, 0.3) is 0 Å². The number of aryl methyl sites for hydroxylation is 1. The Morgan fingerprint density at radius 2 is 1.81 bits per heavy atom. The first-order valence-corrected chi connectivity index (χ1v) is 10.6. The third-order valence-corrected chi connectivity index (χ3v) is 5.88. The number of para-hydroxylation sites is 1. The first-order chi connectivity index (χ1) is 12.1. The van der Waals surface area contributed by atoms with Crippen LogP contribution in [0.4, 0.5) is 11.4 Å². The third kappa shape index (κ3) is 4.69. The minimum Gasteiger partial charge on any atom is -0.324 e. The number of sulfonamides is 1. The molecule has 0 spiro atoms. The van der Waals surface area contributed by atoms with Crippen molar-refractivity contribution in [2.45, 2.75) is 26.3 Å². The predicted octanol–water partition coefficient (Wildman–Crippen LogP) is 4.35. The lowest BCUT2D eigenvalue weighted by molar-refractivity contribution is -0.116. The third-order valence-electron chi connectivity index (χ3n) is 3.90. The molecule has 5 nitrogen and oxygen atoms in total. The zero-order valence-electron chi connectivity index (χ0n) is 14.7. The summed E-state index contributed by atoms with van der Waals surface area (Å²) < 4.78 is 25.7. The molecule has 0 aliphatic rings. The van der Waals surface area contributed by atoms with E-state index >= 15 is 0 Å². The largest absolute Gasteiger partial charge is 0.324 e. The SMILES string of the molecule is CCc1ccccc1NC(=O)[C@H](C)N(c1ccc(Cl)c(Cl)c1)S(C)(=O)=O. The average molecular weight is 415 g/mol. The van der Waals surface area contributed by atoms with Gasteiger partial charge in [-0.05, 0) is 43.2 Å². The van der Waals surface area contributed by atoms with Crippen molar-refractivity contribution in [3.05, 3.63) is 58.1 Å². The van der Waals surface area contributed by atoms with E-state index in [4.69, 9.17) is 23.2 Å². The molecule has 0 bridgehead atoms. The van der Waals surface area contributed by atoms with Gasteiger partial charge in [-0.15, -0.1) is 0 Å². The first kappa shape index (κ1) is 20.6. The van der Waals surface area contributed by atoms with Gasteiger partial charge in [0.05, 0.1) is 22.0 Å². The highest BCUT2D eigenvalue weighted by Gasteiger charge is 2.29. The number of hydrogen-bond acceptors (Lipinski definition) is 3. The standard InChI is InChI=1S/C18H20Cl2N2O3S/c1-4-13-7-5-6-8-17(13)21-18(23)12(2)22(26(3,24)25)14-9-10-15(19)16(20)11-14/h5-12H,4H2,1-3H3,(H,21,23)/t12-/m0/s1. The van der Waals surface area contributed by atoms with Crippen LogP contribution in [0.5, 0.6) is 0 Å². The number of halogens is 2. The Balaban J connectivity index is 2.36. The lowest BCUT2D eigenvalue weighted by atomic mass is 10.1. The molecule has 0 saturated heterocycles. The molecule has 8 heteroatoms. The lowest BCUT2D eigenvalue weighted by Gasteiger charge is -2.28. The number of amides is 1. The van der Waals surface area contributed by atoms with Crippen LogP contribution in [0.3, 0.4) is 0 Å². The van der Waals surface area contributed by atoms with E-state index in [9.17, 15) is 13.2 Å². The fourth-order valence-corrected chi connectivity index (χ4v) is 4.08. The maximum Gasteiger partial charge on any atom is 0.248 e. The molecule has 140 valence electrons.